The van der Waals surface area contributed by atoms with Crippen LogP contribution in [0.2, 0.25) is 10.0 Å². The molecular weight excluding hydrogens is 327 g/mol. The van der Waals surface area contributed by atoms with Crippen LogP contribution in [0.25, 0.3) is 11.4 Å². The van der Waals surface area contributed by atoms with Crippen LogP contribution >= 0.6 is 35.0 Å². The molecule has 2 aromatic rings. The first-order valence-electron chi connectivity index (χ1n) is 6.12. The molecule has 0 amide bonds. The fraction of sp³-hybridized carbons (Fsp3) is 0.214. The molecule has 21 heavy (non-hydrogen) atoms. The first-order valence-corrected chi connectivity index (χ1v) is 7.76. The van der Waals surface area contributed by atoms with E-state index in [2.05, 4.69) is 22.8 Å². The van der Waals surface area contributed by atoms with Crippen LogP contribution in [-0.2, 0) is 6.54 Å². The molecule has 0 spiro atoms. The number of allylic oxidation sites excluding steroid dienone is 1. The maximum Gasteiger partial charge on any atom is 0.193 e. The zero-order valence-corrected chi connectivity index (χ0v) is 13.6. The predicted molar refractivity (Wildman–Crippen MR) is 86.6 cm³/mol. The number of aromatic nitrogens is 3. The van der Waals surface area contributed by atoms with Crippen LogP contribution in [0.3, 0.4) is 0 Å². The Labute approximate surface area is 137 Å². The first-order chi connectivity index (χ1) is 10.1. The fourth-order valence-electron chi connectivity index (χ4n) is 1.72. The molecule has 7 heteroatoms. The monoisotopic (exact) mass is 338 g/mol. The molecule has 0 bridgehead atoms. The molecule has 1 atom stereocenters. The van der Waals surface area contributed by atoms with Gasteiger partial charge in [-0.2, -0.15) is 5.26 Å². The van der Waals surface area contributed by atoms with Gasteiger partial charge in [-0.25, -0.2) is 0 Å². The Morgan fingerprint density at radius 3 is 2.86 bits per heavy atom. The lowest BCUT2D eigenvalue weighted by Gasteiger charge is -2.09. The molecule has 0 unspecified atom stereocenters. The Hall–Kier alpha value is -1.48. The molecule has 1 heterocycles. The van der Waals surface area contributed by atoms with Crippen molar-refractivity contribution in [1.82, 2.24) is 14.8 Å². The number of thioether (sulfide) groups is 1. The lowest BCUT2D eigenvalue weighted by molar-refractivity contribution is 0.730. The van der Waals surface area contributed by atoms with Crippen molar-refractivity contribution >= 4 is 35.0 Å². The highest BCUT2D eigenvalue weighted by Crippen LogP contribution is 2.32. The fourth-order valence-corrected chi connectivity index (χ4v) is 2.96. The Kier molecular flexibility index (Phi) is 5.29. The zero-order chi connectivity index (χ0) is 15.4. The number of benzene rings is 1. The second kappa shape index (κ2) is 6.99. The highest BCUT2D eigenvalue weighted by Gasteiger charge is 2.17. The van der Waals surface area contributed by atoms with Crippen molar-refractivity contribution in [3.8, 4) is 17.5 Å². The average Bonchev–Trinajstić information content (AvgIpc) is 2.82. The molecule has 0 saturated heterocycles. The number of nitriles is 1. The van der Waals surface area contributed by atoms with Gasteiger partial charge in [-0.05, 0) is 25.1 Å². The topological polar surface area (TPSA) is 54.5 Å². The van der Waals surface area contributed by atoms with Crippen LogP contribution in [0.1, 0.15) is 6.92 Å². The summed E-state index contributed by atoms with van der Waals surface area (Å²) in [5.41, 5.74) is 0.742. The van der Waals surface area contributed by atoms with Gasteiger partial charge in [0, 0.05) is 17.1 Å². The third kappa shape index (κ3) is 3.59. The summed E-state index contributed by atoms with van der Waals surface area (Å²) in [5.74, 6) is 0.629. The minimum absolute atomic E-state index is 0.216. The molecule has 0 saturated carbocycles. The summed E-state index contributed by atoms with van der Waals surface area (Å²) in [6.45, 7) is 6.08. The van der Waals surface area contributed by atoms with Gasteiger partial charge in [0.05, 0.1) is 16.3 Å². The molecule has 1 aromatic carbocycles. The second-order valence-electron chi connectivity index (χ2n) is 4.22. The van der Waals surface area contributed by atoms with Crippen LogP contribution in [0.15, 0.2) is 36.0 Å². The molecule has 1 aromatic heterocycles. The summed E-state index contributed by atoms with van der Waals surface area (Å²) >= 11 is 13.5. The molecule has 0 aliphatic rings. The summed E-state index contributed by atoms with van der Waals surface area (Å²) < 4.78 is 1.88. The average molecular weight is 339 g/mol. The maximum absolute atomic E-state index is 8.93. The van der Waals surface area contributed by atoms with Gasteiger partial charge in [0.2, 0.25) is 0 Å². The molecule has 108 valence electrons. The number of rotatable bonds is 5. The quantitative estimate of drug-likeness (QED) is 0.597. The minimum atomic E-state index is -0.216. The Bertz CT molecular complexity index is 705. The SMILES string of the molecule is C=CCn1c(S[C@@H](C)C#N)nnc1-c1ccc(Cl)cc1Cl. The normalized spacial score (nSPS) is 11.9. The summed E-state index contributed by atoms with van der Waals surface area (Å²) in [6, 6.07) is 7.38. The van der Waals surface area contributed by atoms with Gasteiger partial charge in [0.1, 0.15) is 0 Å². The first kappa shape index (κ1) is 15.9. The minimum Gasteiger partial charge on any atom is -0.298 e. The third-order valence-corrected chi connectivity index (χ3v) is 4.18. The Balaban J connectivity index is 2.48. The smallest absolute Gasteiger partial charge is 0.193 e. The summed E-state index contributed by atoms with van der Waals surface area (Å²) in [5, 5.41) is 18.8. The molecule has 0 aliphatic heterocycles. The predicted octanol–water partition coefficient (Wildman–Crippen LogP) is 4.44. The van der Waals surface area contributed by atoms with Crippen LogP contribution in [-0.4, -0.2) is 20.0 Å². The van der Waals surface area contributed by atoms with Crippen molar-refractivity contribution in [2.75, 3.05) is 0 Å². The summed E-state index contributed by atoms with van der Waals surface area (Å²) in [4.78, 5) is 0. The van der Waals surface area contributed by atoms with Gasteiger partial charge in [0.15, 0.2) is 11.0 Å². The van der Waals surface area contributed by atoms with Crippen LogP contribution in [0.4, 0.5) is 0 Å². The maximum atomic E-state index is 8.93. The number of nitrogens with zero attached hydrogens (tertiary/aromatic N) is 4. The molecule has 0 N–H and O–H groups in total. The standard InChI is InChI=1S/C14H12Cl2N4S/c1-3-6-20-13(11-5-4-10(15)7-12(11)16)18-19-14(20)21-9(2)8-17/h3-5,7,9H,1,6H2,2H3/t9-/m0/s1. The van der Waals surface area contributed by atoms with E-state index >= 15 is 0 Å². The lowest BCUT2D eigenvalue weighted by Crippen LogP contribution is -2.03. The van der Waals surface area contributed by atoms with Crippen LogP contribution in [0, 0.1) is 11.3 Å². The second-order valence-corrected chi connectivity index (χ2v) is 6.37. The van der Waals surface area contributed by atoms with Gasteiger partial charge in [-0.15, -0.1) is 16.8 Å². The van der Waals surface area contributed by atoms with E-state index < -0.39 is 0 Å². The summed E-state index contributed by atoms with van der Waals surface area (Å²) in [7, 11) is 0. The molecular formula is C14H12Cl2N4S. The van der Waals surface area contributed by atoms with E-state index in [1.165, 1.54) is 11.8 Å². The zero-order valence-electron chi connectivity index (χ0n) is 11.3. The van der Waals surface area contributed by atoms with Gasteiger partial charge in [0.25, 0.3) is 0 Å². The van der Waals surface area contributed by atoms with E-state index in [0.29, 0.717) is 27.6 Å². The van der Waals surface area contributed by atoms with E-state index in [0.717, 1.165) is 5.56 Å². The molecule has 0 radical (unpaired) electrons. The lowest BCUT2D eigenvalue weighted by atomic mass is 10.2. The van der Waals surface area contributed by atoms with Crippen molar-refractivity contribution in [2.45, 2.75) is 23.9 Å². The highest BCUT2D eigenvalue weighted by molar-refractivity contribution is 8.00. The van der Waals surface area contributed by atoms with Gasteiger partial charge >= 0.3 is 0 Å². The Morgan fingerprint density at radius 2 is 2.24 bits per heavy atom. The van der Waals surface area contributed by atoms with Crippen molar-refractivity contribution in [2.24, 2.45) is 0 Å². The van der Waals surface area contributed by atoms with E-state index in [9.17, 15) is 0 Å². The van der Waals surface area contributed by atoms with E-state index in [1.54, 1.807) is 24.3 Å². The highest BCUT2D eigenvalue weighted by atomic mass is 35.5. The Morgan fingerprint density at radius 1 is 1.48 bits per heavy atom. The van der Waals surface area contributed by atoms with Crippen molar-refractivity contribution in [3.05, 3.63) is 40.9 Å². The van der Waals surface area contributed by atoms with Crippen molar-refractivity contribution in [1.29, 1.82) is 5.26 Å². The largest absolute Gasteiger partial charge is 0.298 e. The van der Waals surface area contributed by atoms with E-state index in [4.69, 9.17) is 28.5 Å². The van der Waals surface area contributed by atoms with Crippen LogP contribution < -0.4 is 0 Å². The van der Waals surface area contributed by atoms with Gasteiger partial charge in [-0.1, -0.05) is 41.0 Å². The van der Waals surface area contributed by atoms with Crippen molar-refractivity contribution < 1.29 is 0 Å². The van der Waals surface area contributed by atoms with E-state index in [1.807, 2.05) is 11.5 Å². The van der Waals surface area contributed by atoms with E-state index in [-0.39, 0.29) is 5.25 Å². The van der Waals surface area contributed by atoms with Gasteiger partial charge < -0.3 is 0 Å². The number of hydrogen-bond acceptors (Lipinski definition) is 4. The molecule has 0 aliphatic carbocycles. The van der Waals surface area contributed by atoms with Crippen LogP contribution in [0.5, 0.6) is 0 Å². The molecule has 4 nitrogen and oxygen atoms in total. The van der Waals surface area contributed by atoms with Crippen molar-refractivity contribution in [3.63, 3.8) is 0 Å². The molecule has 2 rings (SSSR count). The van der Waals surface area contributed by atoms with Gasteiger partial charge in [-0.3, -0.25) is 4.57 Å². The molecule has 0 fully saturated rings. The third-order valence-electron chi connectivity index (χ3n) is 2.66. The summed E-state index contributed by atoms with van der Waals surface area (Å²) in [6.07, 6.45) is 1.75. The number of hydrogen-bond donors (Lipinski definition) is 0. The number of halogens is 2.